The Morgan fingerprint density at radius 3 is 2.63 bits per heavy atom. The van der Waals surface area contributed by atoms with Crippen LogP contribution in [0.5, 0.6) is 0 Å². The molecule has 2 aromatic carbocycles. The van der Waals surface area contributed by atoms with Gasteiger partial charge in [-0.3, -0.25) is 0 Å². The van der Waals surface area contributed by atoms with Gasteiger partial charge in [0.25, 0.3) is 0 Å². The van der Waals surface area contributed by atoms with E-state index in [-0.39, 0.29) is 6.10 Å². The van der Waals surface area contributed by atoms with E-state index in [4.69, 9.17) is 9.47 Å². The Bertz CT molecular complexity index is 1120. The number of sulfonamides is 1. The summed E-state index contributed by atoms with van der Waals surface area (Å²) in [5.74, 6) is -0.521. The zero-order chi connectivity index (χ0) is 20.9. The molecule has 0 radical (unpaired) electrons. The Labute approximate surface area is 183 Å². The number of hydrogen-bond donors (Lipinski definition) is 1. The van der Waals surface area contributed by atoms with Crippen LogP contribution in [0, 0.1) is 0 Å². The number of esters is 1. The lowest BCUT2D eigenvalue weighted by atomic mass is 9.83. The molecule has 3 aliphatic heterocycles. The molecule has 2 saturated heterocycles. The Kier molecular flexibility index (Phi) is 4.85. The molecule has 2 fully saturated rings. The van der Waals surface area contributed by atoms with E-state index in [1.165, 1.54) is 0 Å². The molecule has 6 nitrogen and oxygen atoms in total. The highest BCUT2D eigenvalue weighted by atomic mass is 79.9. The summed E-state index contributed by atoms with van der Waals surface area (Å²) in [5, 5.41) is -0.788. The van der Waals surface area contributed by atoms with Gasteiger partial charge in [-0.05, 0) is 52.5 Å². The second-order valence-corrected chi connectivity index (χ2v) is 10.6. The van der Waals surface area contributed by atoms with Crippen molar-refractivity contribution in [2.24, 2.45) is 0 Å². The average Bonchev–Trinajstić information content (AvgIpc) is 3.32. The molecular weight excluding hydrogens is 470 g/mol. The highest BCUT2D eigenvalue weighted by molar-refractivity contribution is 9.10. The topological polar surface area (TPSA) is 81.7 Å². The number of carbonyl (C=O) groups is 1. The van der Waals surface area contributed by atoms with E-state index < -0.39 is 39.0 Å². The molecule has 5 rings (SSSR count). The van der Waals surface area contributed by atoms with Crippen molar-refractivity contribution >= 4 is 31.9 Å². The minimum atomic E-state index is -3.64. The number of nitrogens with one attached hydrogen (secondary N) is 1. The molecule has 156 valence electrons. The molecule has 30 heavy (non-hydrogen) atoms. The standard InChI is InChI=1S/C22H20BrNO5S/c23-17-9-5-4-8-16(17)21(25)28-20-18(12-14-6-2-1-3-7-14)24-30(26,27)19-13-15-10-11-22(19,20)29-15/h1-11,15,18-20,24H,12-13H2/t15-,18+,19+,20-,22-/m1/s1. The fourth-order valence-corrected chi connectivity index (χ4v) is 7.12. The van der Waals surface area contributed by atoms with Crippen LogP contribution < -0.4 is 4.72 Å². The zero-order valence-electron chi connectivity index (χ0n) is 15.9. The lowest BCUT2D eigenvalue weighted by Crippen LogP contribution is -2.68. The first-order valence-electron chi connectivity index (χ1n) is 9.77. The van der Waals surface area contributed by atoms with Crippen molar-refractivity contribution in [3.63, 3.8) is 0 Å². The van der Waals surface area contributed by atoms with Crippen molar-refractivity contribution in [2.45, 2.75) is 41.9 Å². The lowest BCUT2D eigenvalue weighted by Gasteiger charge is -2.45. The third kappa shape index (κ3) is 3.22. The number of carbonyl (C=O) groups excluding carboxylic acids is 1. The Balaban J connectivity index is 1.54. The van der Waals surface area contributed by atoms with Gasteiger partial charge in [0.2, 0.25) is 10.0 Å². The van der Waals surface area contributed by atoms with E-state index in [9.17, 15) is 13.2 Å². The summed E-state index contributed by atoms with van der Waals surface area (Å²) in [7, 11) is -3.64. The van der Waals surface area contributed by atoms with Crippen LogP contribution in [0.15, 0.2) is 71.2 Å². The average molecular weight is 490 g/mol. The number of fused-ring (bicyclic) bond motifs is 1. The van der Waals surface area contributed by atoms with Crippen molar-refractivity contribution in [2.75, 3.05) is 0 Å². The van der Waals surface area contributed by atoms with Crippen LogP contribution in [0.4, 0.5) is 0 Å². The fourth-order valence-electron chi connectivity index (χ4n) is 4.68. The van der Waals surface area contributed by atoms with Crippen molar-refractivity contribution < 1.29 is 22.7 Å². The molecule has 0 amide bonds. The van der Waals surface area contributed by atoms with Crippen molar-refractivity contribution in [3.8, 4) is 0 Å². The van der Waals surface area contributed by atoms with E-state index in [1.807, 2.05) is 42.5 Å². The Morgan fingerprint density at radius 1 is 1.17 bits per heavy atom. The molecule has 0 aromatic heterocycles. The quantitative estimate of drug-likeness (QED) is 0.527. The van der Waals surface area contributed by atoms with E-state index in [0.717, 1.165) is 5.56 Å². The SMILES string of the molecule is O=C(O[C@@H]1[C@H](Cc2ccccc2)NS(=O)(=O)[C@H]2C[C@H]3C=C[C@]12O3)c1ccccc1Br. The van der Waals surface area contributed by atoms with E-state index >= 15 is 0 Å². The maximum atomic E-state index is 13.0. The summed E-state index contributed by atoms with van der Waals surface area (Å²) in [4.78, 5) is 13.0. The van der Waals surface area contributed by atoms with Crippen molar-refractivity contribution in [1.29, 1.82) is 0 Å². The van der Waals surface area contributed by atoms with Gasteiger partial charge in [-0.2, -0.15) is 0 Å². The zero-order valence-corrected chi connectivity index (χ0v) is 18.3. The van der Waals surface area contributed by atoms with Crippen LogP contribution in [0.2, 0.25) is 0 Å². The molecule has 1 spiro atoms. The predicted octanol–water partition coefficient (Wildman–Crippen LogP) is 2.98. The third-order valence-corrected chi connectivity index (χ3v) is 8.64. The van der Waals surface area contributed by atoms with Crippen LogP contribution in [-0.2, 0) is 25.9 Å². The van der Waals surface area contributed by atoms with Crippen LogP contribution in [-0.4, -0.2) is 43.5 Å². The summed E-state index contributed by atoms with van der Waals surface area (Å²) in [6, 6.07) is 15.9. The molecule has 2 aromatic rings. The first-order chi connectivity index (χ1) is 14.4. The number of rotatable bonds is 4. The molecule has 8 heteroatoms. The second kappa shape index (κ2) is 7.30. The largest absolute Gasteiger partial charge is 0.454 e. The number of halogens is 1. The molecular formula is C22H20BrNO5S. The first-order valence-corrected chi connectivity index (χ1v) is 12.1. The summed E-state index contributed by atoms with van der Waals surface area (Å²) in [6.45, 7) is 0. The number of benzene rings is 2. The minimum Gasteiger partial charge on any atom is -0.454 e. The Morgan fingerprint density at radius 2 is 1.90 bits per heavy atom. The third-order valence-electron chi connectivity index (χ3n) is 6.00. The van der Waals surface area contributed by atoms with Crippen molar-refractivity contribution in [3.05, 3.63) is 82.3 Å². The van der Waals surface area contributed by atoms with Crippen LogP contribution in [0.3, 0.4) is 0 Å². The van der Waals surface area contributed by atoms with Gasteiger partial charge in [-0.15, -0.1) is 0 Å². The summed E-state index contributed by atoms with van der Waals surface area (Å²) in [6.07, 6.45) is 3.30. The maximum Gasteiger partial charge on any atom is 0.339 e. The Hall–Kier alpha value is -2.00. The molecule has 5 atom stereocenters. The van der Waals surface area contributed by atoms with E-state index in [1.54, 1.807) is 24.3 Å². The van der Waals surface area contributed by atoms with Crippen molar-refractivity contribution in [1.82, 2.24) is 4.72 Å². The normalized spacial score (nSPS) is 33.2. The molecule has 0 saturated carbocycles. The smallest absolute Gasteiger partial charge is 0.339 e. The molecule has 0 aliphatic carbocycles. The monoisotopic (exact) mass is 489 g/mol. The summed E-state index contributed by atoms with van der Waals surface area (Å²) < 4.78 is 41.6. The molecule has 3 aliphatic rings. The minimum absolute atomic E-state index is 0.285. The highest BCUT2D eigenvalue weighted by Gasteiger charge is 2.66. The maximum absolute atomic E-state index is 13.0. The summed E-state index contributed by atoms with van der Waals surface area (Å²) >= 11 is 3.39. The van der Waals surface area contributed by atoms with Crippen LogP contribution >= 0.6 is 15.9 Å². The van der Waals surface area contributed by atoms with Gasteiger partial charge in [0, 0.05) is 4.47 Å². The fraction of sp³-hybridized carbons (Fsp3) is 0.318. The van der Waals surface area contributed by atoms with Gasteiger partial charge in [0.1, 0.15) is 10.9 Å². The highest BCUT2D eigenvalue weighted by Crippen LogP contribution is 2.48. The predicted molar refractivity (Wildman–Crippen MR) is 114 cm³/mol. The van der Waals surface area contributed by atoms with Crippen LogP contribution in [0.1, 0.15) is 22.3 Å². The number of ether oxygens (including phenoxy) is 2. The molecule has 1 N–H and O–H groups in total. The van der Waals surface area contributed by atoms with Gasteiger partial charge < -0.3 is 9.47 Å². The van der Waals surface area contributed by atoms with Crippen LogP contribution in [0.25, 0.3) is 0 Å². The molecule has 2 bridgehead atoms. The van der Waals surface area contributed by atoms with Gasteiger partial charge >= 0.3 is 5.97 Å². The molecule has 3 heterocycles. The van der Waals surface area contributed by atoms with Gasteiger partial charge in [0.05, 0.1) is 17.7 Å². The first kappa shape index (κ1) is 19.9. The second-order valence-electron chi connectivity index (χ2n) is 7.86. The summed E-state index contributed by atoms with van der Waals surface area (Å²) in [5.41, 5.74) is 0.151. The van der Waals surface area contributed by atoms with E-state index in [2.05, 4.69) is 20.7 Å². The van der Waals surface area contributed by atoms with Gasteiger partial charge in [-0.1, -0.05) is 48.5 Å². The molecule has 0 unspecified atom stereocenters. The lowest BCUT2D eigenvalue weighted by molar-refractivity contribution is -0.0867. The van der Waals surface area contributed by atoms with E-state index in [0.29, 0.717) is 22.9 Å². The van der Waals surface area contributed by atoms with Gasteiger partial charge in [-0.25, -0.2) is 17.9 Å². The van der Waals surface area contributed by atoms with Gasteiger partial charge in [0.15, 0.2) is 6.10 Å². The number of hydrogen-bond acceptors (Lipinski definition) is 5.